The Balaban J connectivity index is 2.17. The van der Waals surface area contributed by atoms with Crippen molar-refractivity contribution in [3.8, 4) is 0 Å². The molecular weight excluding hydrogens is 247 g/mol. The summed E-state index contributed by atoms with van der Waals surface area (Å²) in [5.41, 5.74) is 0.596. The first kappa shape index (κ1) is 9.84. The van der Waals surface area contributed by atoms with Gasteiger partial charge in [-0.25, -0.2) is 4.39 Å². The fraction of sp³-hybridized carbons (Fsp3) is 0.364. The van der Waals surface area contributed by atoms with E-state index in [1.54, 1.807) is 6.07 Å². The van der Waals surface area contributed by atoms with Crippen LogP contribution >= 0.6 is 15.9 Å². The second kappa shape index (κ2) is 3.81. The molecule has 1 nitrogen and oxygen atoms in total. The Morgan fingerprint density at radius 1 is 1.50 bits per heavy atom. The largest absolute Gasteiger partial charge is 0.294 e. The average molecular weight is 257 g/mol. The minimum atomic E-state index is -0.320. The summed E-state index contributed by atoms with van der Waals surface area (Å²) in [4.78, 5) is 11.7. The van der Waals surface area contributed by atoms with Gasteiger partial charge in [-0.3, -0.25) is 4.79 Å². The maximum atomic E-state index is 12.7. The maximum Gasteiger partial charge on any atom is 0.164 e. The molecule has 0 aromatic heterocycles. The van der Waals surface area contributed by atoms with E-state index in [0.717, 1.165) is 12.8 Å². The third-order valence-corrected chi connectivity index (χ3v) is 3.06. The maximum absolute atomic E-state index is 12.7. The first-order valence-electron chi connectivity index (χ1n) is 4.65. The van der Waals surface area contributed by atoms with E-state index < -0.39 is 0 Å². The lowest BCUT2D eigenvalue weighted by Crippen LogP contribution is -2.01. The average Bonchev–Trinajstić information content (AvgIpc) is 2.87. The van der Waals surface area contributed by atoms with Gasteiger partial charge >= 0.3 is 0 Å². The van der Waals surface area contributed by atoms with E-state index in [2.05, 4.69) is 15.9 Å². The summed E-state index contributed by atoms with van der Waals surface area (Å²) < 4.78 is 13.3. The molecule has 0 radical (unpaired) electrons. The van der Waals surface area contributed by atoms with E-state index in [9.17, 15) is 9.18 Å². The number of rotatable bonds is 3. The molecule has 0 saturated heterocycles. The van der Waals surface area contributed by atoms with Crippen molar-refractivity contribution in [1.82, 2.24) is 0 Å². The predicted octanol–water partition coefficient (Wildman–Crippen LogP) is 3.57. The standard InChI is InChI=1S/C11H10BrFO/c12-10-6-8(13)3-4-9(10)11(14)5-7-1-2-7/h3-4,6-7H,1-2,5H2. The zero-order valence-corrected chi connectivity index (χ0v) is 9.18. The Labute approximate surface area is 90.4 Å². The van der Waals surface area contributed by atoms with Gasteiger partial charge < -0.3 is 0 Å². The van der Waals surface area contributed by atoms with Gasteiger partial charge in [0.25, 0.3) is 0 Å². The van der Waals surface area contributed by atoms with Gasteiger partial charge in [0.15, 0.2) is 5.78 Å². The molecule has 0 spiro atoms. The molecule has 3 heteroatoms. The van der Waals surface area contributed by atoms with Gasteiger partial charge in [0.05, 0.1) is 0 Å². The SMILES string of the molecule is O=C(CC1CC1)c1ccc(F)cc1Br. The minimum Gasteiger partial charge on any atom is -0.294 e. The summed E-state index contributed by atoms with van der Waals surface area (Å²) in [7, 11) is 0. The molecule has 0 amide bonds. The van der Waals surface area contributed by atoms with Crippen LogP contribution in [0.25, 0.3) is 0 Å². The third-order valence-electron chi connectivity index (χ3n) is 2.40. The summed E-state index contributed by atoms with van der Waals surface area (Å²) in [6.07, 6.45) is 2.92. The summed E-state index contributed by atoms with van der Waals surface area (Å²) in [5.74, 6) is 0.360. The van der Waals surface area contributed by atoms with Gasteiger partial charge in [-0.1, -0.05) is 0 Å². The number of carbonyl (C=O) groups is 1. The molecule has 0 unspecified atom stereocenters. The fourth-order valence-corrected chi connectivity index (χ4v) is 1.98. The van der Waals surface area contributed by atoms with E-state index in [0.29, 0.717) is 22.4 Å². The molecule has 1 saturated carbocycles. The summed E-state index contributed by atoms with van der Waals surface area (Å²) in [6, 6.07) is 4.20. The van der Waals surface area contributed by atoms with Crippen LogP contribution in [-0.4, -0.2) is 5.78 Å². The van der Waals surface area contributed by atoms with Crippen LogP contribution in [0.5, 0.6) is 0 Å². The Morgan fingerprint density at radius 2 is 2.21 bits per heavy atom. The Bertz CT molecular complexity index is 372. The summed E-state index contributed by atoms with van der Waals surface area (Å²) >= 11 is 3.20. The number of Topliss-reactive ketones (excluding diaryl/α,β-unsaturated/α-hetero) is 1. The van der Waals surface area contributed by atoms with E-state index >= 15 is 0 Å². The Morgan fingerprint density at radius 3 is 2.79 bits per heavy atom. The van der Waals surface area contributed by atoms with Crippen molar-refractivity contribution < 1.29 is 9.18 Å². The minimum absolute atomic E-state index is 0.111. The van der Waals surface area contributed by atoms with Crippen LogP contribution in [0.15, 0.2) is 22.7 Å². The molecule has 1 aromatic rings. The van der Waals surface area contributed by atoms with Crippen LogP contribution in [0.1, 0.15) is 29.6 Å². The van der Waals surface area contributed by atoms with Crippen molar-refractivity contribution in [2.24, 2.45) is 5.92 Å². The van der Waals surface area contributed by atoms with Crippen molar-refractivity contribution in [3.63, 3.8) is 0 Å². The number of hydrogen-bond donors (Lipinski definition) is 0. The van der Waals surface area contributed by atoms with E-state index in [1.165, 1.54) is 12.1 Å². The highest BCUT2D eigenvalue weighted by atomic mass is 79.9. The monoisotopic (exact) mass is 256 g/mol. The molecule has 0 N–H and O–H groups in total. The van der Waals surface area contributed by atoms with Crippen LogP contribution in [0, 0.1) is 11.7 Å². The molecule has 0 bridgehead atoms. The first-order chi connectivity index (χ1) is 6.66. The van der Waals surface area contributed by atoms with Gasteiger partial charge in [0.1, 0.15) is 5.82 Å². The molecule has 1 aliphatic rings. The summed E-state index contributed by atoms with van der Waals surface area (Å²) in [6.45, 7) is 0. The van der Waals surface area contributed by atoms with Crippen LogP contribution in [0.3, 0.4) is 0 Å². The van der Waals surface area contributed by atoms with Gasteiger partial charge in [0, 0.05) is 16.5 Å². The fourth-order valence-electron chi connectivity index (χ4n) is 1.41. The highest BCUT2D eigenvalue weighted by Gasteiger charge is 2.25. The molecule has 2 rings (SSSR count). The molecule has 0 heterocycles. The molecule has 14 heavy (non-hydrogen) atoms. The zero-order chi connectivity index (χ0) is 10.1. The topological polar surface area (TPSA) is 17.1 Å². The number of halogens is 2. The van der Waals surface area contributed by atoms with Crippen LogP contribution in [-0.2, 0) is 0 Å². The van der Waals surface area contributed by atoms with E-state index in [4.69, 9.17) is 0 Å². The lowest BCUT2D eigenvalue weighted by atomic mass is 10.1. The number of benzene rings is 1. The Hall–Kier alpha value is -0.700. The second-order valence-corrected chi connectivity index (χ2v) is 4.55. The van der Waals surface area contributed by atoms with E-state index in [-0.39, 0.29) is 11.6 Å². The van der Waals surface area contributed by atoms with Crippen molar-refractivity contribution >= 4 is 21.7 Å². The molecule has 0 aliphatic heterocycles. The second-order valence-electron chi connectivity index (χ2n) is 3.69. The highest BCUT2D eigenvalue weighted by Crippen LogP contribution is 2.34. The van der Waals surface area contributed by atoms with Crippen molar-refractivity contribution in [3.05, 3.63) is 34.1 Å². The van der Waals surface area contributed by atoms with E-state index in [1.807, 2.05) is 0 Å². The van der Waals surface area contributed by atoms with Gasteiger partial charge in [-0.15, -0.1) is 0 Å². The lowest BCUT2D eigenvalue weighted by Gasteiger charge is -2.02. The quantitative estimate of drug-likeness (QED) is 0.756. The lowest BCUT2D eigenvalue weighted by molar-refractivity contribution is 0.0975. The molecular formula is C11H10BrFO. The number of hydrogen-bond acceptors (Lipinski definition) is 1. The first-order valence-corrected chi connectivity index (χ1v) is 5.44. The molecule has 0 atom stereocenters. The van der Waals surface area contributed by atoms with Crippen LogP contribution < -0.4 is 0 Å². The predicted molar refractivity (Wildman–Crippen MR) is 55.8 cm³/mol. The van der Waals surface area contributed by atoms with Gasteiger partial charge in [-0.05, 0) is 52.9 Å². The third kappa shape index (κ3) is 2.21. The molecule has 1 fully saturated rings. The summed E-state index contributed by atoms with van der Waals surface area (Å²) in [5, 5.41) is 0. The molecule has 1 aliphatic carbocycles. The zero-order valence-electron chi connectivity index (χ0n) is 7.59. The Kier molecular flexibility index (Phi) is 2.68. The van der Waals surface area contributed by atoms with Crippen molar-refractivity contribution in [2.45, 2.75) is 19.3 Å². The van der Waals surface area contributed by atoms with Crippen LogP contribution in [0.4, 0.5) is 4.39 Å². The molecule has 74 valence electrons. The normalized spacial score (nSPS) is 15.6. The van der Waals surface area contributed by atoms with Gasteiger partial charge in [-0.2, -0.15) is 0 Å². The van der Waals surface area contributed by atoms with Crippen LogP contribution in [0.2, 0.25) is 0 Å². The smallest absolute Gasteiger partial charge is 0.164 e. The van der Waals surface area contributed by atoms with Crippen molar-refractivity contribution in [2.75, 3.05) is 0 Å². The molecule has 1 aromatic carbocycles. The number of ketones is 1. The number of carbonyl (C=O) groups excluding carboxylic acids is 1. The van der Waals surface area contributed by atoms with Crippen molar-refractivity contribution in [1.29, 1.82) is 0 Å². The van der Waals surface area contributed by atoms with Gasteiger partial charge in [0.2, 0.25) is 0 Å². The highest BCUT2D eigenvalue weighted by molar-refractivity contribution is 9.10.